The SMILES string of the molecule is CC(Oc1ccccc1Cl)C(=O)N1CCCN(C(=O)c2ccccc2F)CC1. The van der Waals surface area contributed by atoms with Gasteiger partial charge in [-0.1, -0.05) is 35.9 Å². The van der Waals surface area contributed by atoms with Crippen molar-refractivity contribution >= 4 is 23.4 Å². The molecule has 5 nitrogen and oxygen atoms in total. The van der Waals surface area contributed by atoms with Gasteiger partial charge in [0.15, 0.2) is 6.10 Å². The van der Waals surface area contributed by atoms with Crippen LogP contribution in [0.3, 0.4) is 0 Å². The lowest BCUT2D eigenvalue weighted by Gasteiger charge is -2.25. The zero-order valence-electron chi connectivity index (χ0n) is 15.6. The Balaban J connectivity index is 1.61. The summed E-state index contributed by atoms with van der Waals surface area (Å²) in [6.07, 6.45) is -0.0844. The monoisotopic (exact) mass is 404 g/mol. The normalized spacial score (nSPS) is 15.7. The minimum atomic E-state index is -0.700. The van der Waals surface area contributed by atoms with Gasteiger partial charge in [-0.25, -0.2) is 4.39 Å². The lowest BCUT2D eigenvalue weighted by Crippen LogP contribution is -2.43. The molecule has 148 valence electrons. The second-order valence-corrected chi connectivity index (χ2v) is 7.05. The maximum atomic E-state index is 13.9. The van der Waals surface area contributed by atoms with Gasteiger partial charge in [-0.15, -0.1) is 0 Å². The van der Waals surface area contributed by atoms with Gasteiger partial charge in [0.05, 0.1) is 10.6 Å². The number of benzene rings is 2. The maximum absolute atomic E-state index is 13.9. The highest BCUT2D eigenvalue weighted by Crippen LogP contribution is 2.24. The zero-order chi connectivity index (χ0) is 20.1. The molecule has 0 N–H and O–H groups in total. The second kappa shape index (κ2) is 9.06. The average Bonchev–Trinajstić information content (AvgIpc) is 2.95. The molecule has 1 aliphatic rings. The third-order valence-electron chi connectivity index (χ3n) is 4.69. The summed E-state index contributed by atoms with van der Waals surface area (Å²) in [5.74, 6) is -0.601. The van der Waals surface area contributed by atoms with Gasteiger partial charge in [0.25, 0.3) is 11.8 Å². The van der Waals surface area contributed by atoms with Crippen LogP contribution in [0, 0.1) is 5.82 Å². The van der Waals surface area contributed by atoms with Gasteiger partial charge in [-0.3, -0.25) is 9.59 Å². The summed E-state index contributed by atoms with van der Waals surface area (Å²) in [7, 11) is 0. The summed E-state index contributed by atoms with van der Waals surface area (Å²) < 4.78 is 19.6. The number of carbonyl (C=O) groups excluding carboxylic acids is 2. The Bertz CT molecular complexity index is 861. The van der Waals surface area contributed by atoms with E-state index in [9.17, 15) is 14.0 Å². The van der Waals surface area contributed by atoms with E-state index in [-0.39, 0.29) is 17.4 Å². The molecule has 0 spiro atoms. The number of amides is 2. The van der Waals surface area contributed by atoms with Crippen LogP contribution in [0.5, 0.6) is 5.75 Å². The number of carbonyl (C=O) groups is 2. The van der Waals surface area contributed by atoms with E-state index in [0.717, 1.165) is 0 Å². The highest BCUT2D eigenvalue weighted by atomic mass is 35.5. The standard InChI is InChI=1S/C21H22ClFN2O3/c1-15(28-19-10-5-3-8-17(19)22)20(26)24-11-6-12-25(14-13-24)21(27)16-7-2-4-9-18(16)23/h2-5,7-10,15H,6,11-14H2,1H3. The van der Waals surface area contributed by atoms with E-state index < -0.39 is 11.9 Å². The van der Waals surface area contributed by atoms with Crippen LogP contribution >= 0.6 is 11.6 Å². The number of nitrogens with zero attached hydrogens (tertiary/aromatic N) is 2. The predicted molar refractivity (Wildman–Crippen MR) is 105 cm³/mol. The summed E-state index contributed by atoms with van der Waals surface area (Å²) in [5, 5.41) is 0.444. The Morgan fingerprint density at radius 1 is 1.00 bits per heavy atom. The van der Waals surface area contributed by atoms with Gasteiger partial charge in [0.2, 0.25) is 0 Å². The first-order valence-electron chi connectivity index (χ1n) is 9.21. The number of halogens is 2. The van der Waals surface area contributed by atoms with Crippen LogP contribution in [-0.4, -0.2) is 53.9 Å². The van der Waals surface area contributed by atoms with Gasteiger partial charge in [0, 0.05) is 26.2 Å². The van der Waals surface area contributed by atoms with Crippen LogP contribution in [0.25, 0.3) is 0 Å². The molecule has 0 aromatic heterocycles. The van der Waals surface area contributed by atoms with Crippen molar-refractivity contribution in [3.63, 3.8) is 0 Å². The summed E-state index contributed by atoms with van der Waals surface area (Å²) in [6.45, 7) is 3.37. The van der Waals surface area contributed by atoms with E-state index in [2.05, 4.69) is 0 Å². The van der Waals surface area contributed by atoms with Crippen LogP contribution in [0.2, 0.25) is 5.02 Å². The van der Waals surface area contributed by atoms with Crippen molar-refractivity contribution in [1.29, 1.82) is 0 Å². The summed E-state index contributed by atoms with van der Waals surface area (Å²) in [5.41, 5.74) is 0.0534. The van der Waals surface area contributed by atoms with E-state index in [0.29, 0.717) is 43.4 Å². The van der Waals surface area contributed by atoms with Crippen molar-refractivity contribution in [3.05, 3.63) is 64.9 Å². The van der Waals surface area contributed by atoms with Crippen LogP contribution in [0.1, 0.15) is 23.7 Å². The molecule has 1 fully saturated rings. The molecule has 1 saturated heterocycles. The van der Waals surface area contributed by atoms with Crippen LogP contribution in [-0.2, 0) is 4.79 Å². The quantitative estimate of drug-likeness (QED) is 0.782. The van der Waals surface area contributed by atoms with Gasteiger partial charge < -0.3 is 14.5 Å². The fraction of sp³-hybridized carbons (Fsp3) is 0.333. The molecule has 28 heavy (non-hydrogen) atoms. The predicted octanol–water partition coefficient (Wildman–Crippen LogP) is 3.62. The fourth-order valence-corrected chi connectivity index (χ4v) is 3.36. The number of rotatable bonds is 4. The number of para-hydroxylation sites is 1. The molecule has 3 rings (SSSR count). The Labute approximate surface area is 168 Å². The smallest absolute Gasteiger partial charge is 0.263 e. The van der Waals surface area contributed by atoms with Crippen molar-refractivity contribution in [3.8, 4) is 5.75 Å². The molecular weight excluding hydrogens is 383 g/mol. The number of hydrogen-bond acceptors (Lipinski definition) is 3. The van der Waals surface area contributed by atoms with Crippen molar-refractivity contribution in [2.45, 2.75) is 19.4 Å². The topological polar surface area (TPSA) is 49.9 Å². The highest BCUT2D eigenvalue weighted by Gasteiger charge is 2.27. The average molecular weight is 405 g/mol. The Morgan fingerprint density at radius 2 is 1.64 bits per heavy atom. The van der Waals surface area contributed by atoms with Crippen molar-refractivity contribution < 1.29 is 18.7 Å². The van der Waals surface area contributed by atoms with Crippen molar-refractivity contribution in [2.75, 3.05) is 26.2 Å². The molecule has 7 heteroatoms. The van der Waals surface area contributed by atoms with Crippen LogP contribution in [0.15, 0.2) is 48.5 Å². The lowest BCUT2D eigenvalue weighted by molar-refractivity contribution is -0.137. The highest BCUT2D eigenvalue weighted by molar-refractivity contribution is 6.32. The van der Waals surface area contributed by atoms with Gasteiger partial charge in [-0.05, 0) is 37.6 Å². The molecule has 0 aliphatic carbocycles. The first-order valence-corrected chi connectivity index (χ1v) is 9.59. The zero-order valence-corrected chi connectivity index (χ0v) is 16.4. The van der Waals surface area contributed by atoms with Gasteiger partial charge in [0.1, 0.15) is 11.6 Å². The molecule has 1 atom stereocenters. The maximum Gasteiger partial charge on any atom is 0.263 e. The molecule has 2 aromatic carbocycles. The van der Waals surface area contributed by atoms with E-state index in [1.807, 2.05) is 0 Å². The molecule has 2 aromatic rings. The summed E-state index contributed by atoms with van der Waals surface area (Å²) in [4.78, 5) is 28.6. The summed E-state index contributed by atoms with van der Waals surface area (Å²) in [6, 6.07) is 12.9. The van der Waals surface area contributed by atoms with Gasteiger partial charge in [-0.2, -0.15) is 0 Å². The van der Waals surface area contributed by atoms with Crippen molar-refractivity contribution in [2.24, 2.45) is 0 Å². The minimum Gasteiger partial charge on any atom is -0.479 e. The molecule has 1 unspecified atom stereocenters. The third kappa shape index (κ3) is 4.62. The Morgan fingerprint density at radius 3 is 2.39 bits per heavy atom. The third-order valence-corrected chi connectivity index (χ3v) is 5.00. The first-order chi connectivity index (χ1) is 13.5. The largest absolute Gasteiger partial charge is 0.479 e. The van der Waals surface area contributed by atoms with E-state index in [1.165, 1.54) is 12.1 Å². The molecular formula is C21H22ClFN2O3. The first kappa shape index (κ1) is 20.1. The molecule has 0 radical (unpaired) electrons. The van der Waals surface area contributed by atoms with Crippen LogP contribution in [0.4, 0.5) is 4.39 Å². The lowest BCUT2D eigenvalue weighted by atomic mass is 10.2. The summed E-state index contributed by atoms with van der Waals surface area (Å²) >= 11 is 6.09. The van der Waals surface area contributed by atoms with Gasteiger partial charge >= 0.3 is 0 Å². The molecule has 1 aliphatic heterocycles. The van der Waals surface area contributed by atoms with E-state index in [4.69, 9.17) is 16.3 Å². The van der Waals surface area contributed by atoms with E-state index >= 15 is 0 Å². The fourth-order valence-electron chi connectivity index (χ4n) is 3.18. The second-order valence-electron chi connectivity index (χ2n) is 6.64. The Kier molecular flexibility index (Phi) is 6.52. The van der Waals surface area contributed by atoms with E-state index in [1.54, 1.807) is 53.1 Å². The molecule has 2 amide bonds. The number of ether oxygens (including phenoxy) is 1. The molecule has 0 saturated carbocycles. The van der Waals surface area contributed by atoms with Crippen LogP contribution < -0.4 is 4.74 Å². The van der Waals surface area contributed by atoms with Crippen molar-refractivity contribution in [1.82, 2.24) is 9.80 Å². The molecule has 1 heterocycles. The molecule has 0 bridgehead atoms. The minimum absolute atomic E-state index is 0.0534. The Hall–Kier alpha value is -2.60. The number of hydrogen-bond donors (Lipinski definition) is 0.